The predicted octanol–water partition coefficient (Wildman–Crippen LogP) is 1.61. The van der Waals surface area contributed by atoms with Crippen molar-refractivity contribution < 1.29 is 19.4 Å². The number of ether oxygens (including phenoxy) is 1. The average Bonchev–Trinajstić information content (AvgIpc) is 2.14. The van der Waals surface area contributed by atoms with E-state index in [2.05, 4.69) is 10.5 Å². The number of nitrogens with two attached hydrogens (primary N) is 1. The molecule has 0 unspecified atom stereocenters. The summed E-state index contributed by atoms with van der Waals surface area (Å²) in [6, 6.07) is 0. The normalized spacial score (nSPS) is 8.86. The highest BCUT2D eigenvalue weighted by Crippen LogP contribution is 2.11. The topological polar surface area (TPSA) is 89.6 Å². The van der Waals surface area contributed by atoms with E-state index in [4.69, 9.17) is 5.11 Å². The van der Waals surface area contributed by atoms with Gasteiger partial charge in [0.25, 0.3) is 0 Å². The van der Waals surface area contributed by atoms with Gasteiger partial charge >= 0.3 is 12.1 Å². The second-order valence-electron chi connectivity index (χ2n) is 2.80. The van der Waals surface area contributed by atoms with Gasteiger partial charge in [-0.05, 0) is 5.92 Å². The lowest BCUT2D eigenvalue weighted by atomic mass is 10.00. The van der Waals surface area contributed by atoms with Crippen LogP contribution in [-0.4, -0.2) is 24.3 Å². The third kappa shape index (κ3) is 13.3. The number of carboxylic acids is 1. The molecule has 0 aromatic rings. The Hall–Kier alpha value is -1.26. The smallest absolute Gasteiger partial charge is 0.404 e. The molecule has 0 saturated carbocycles. The fourth-order valence-electron chi connectivity index (χ4n) is 0.824. The number of amides is 1. The predicted molar refractivity (Wildman–Crippen MR) is 52.9 cm³/mol. The molecule has 0 aromatic heterocycles. The second kappa shape index (κ2) is 9.83. The number of carboxylic acid groups (broad SMARTS) is 1. The number of aliphatic carboxylic acids is 1. The van der Waals surface area contributed by atoms with Crippen LogP contribution in [0.3, 0.4) is 0 Å². The van der Waals surface area contributed by atoms with E-state index in [1.54, 1.807) is 0 Å². The first-order valence-corrected chi connectivity index (χ1v) is 4.53. The highest BCUT2D eigenvalue weighted by Gasteiger charge is 2.07. The van der Waals surface area contributed by atoms with Crippen LogP contribution in [0.1, 0.15) is 33.1 Å². The maximum Gasteiger partial charge on any atom is 0.404 e. The van der Waals surface area contributed by atoms with Gasteiger partial charge < -0.3 is 15.6 Å². The van der Waals surface area contributed by atoms with Gasteiger partial charge in [0, 0.05) is 6.42 Å². The molecule has 0 atom stereocenters. The quantitative estimate of drug-likeness (QED) is 0.729. The van der Waals surface area contributed by atoms with Crippen molar-refractivity contribution in [3.05, 3.63) is 0 Å². The summed E-state index contributed by atoms with van der Waals surface area (Å²) in [5, 5.41) is 8.35. The summed E-state index contributed by atoms with van der Waals surface area (Å²) in [4.78, 5) is 19.5. The molecule has 0 aliphatic heterocycles. The molecule has 0 radical (unpaired) electrons. The van der Waals surface area contributed by atoms with Gasteiger partial charge in [-0.2, -0.15) is 0 Å². The monoisotopic (exact) mass is 205 g/mol. The van der Waals surface area contributed by atoms with Gasteiger partial charge in [-0.15, -0.1) is 0 Å². The number of carbonyl (C=O) groups excluding carboxylic acids is 1. The van der Waals surface area contributed by atoms with Gasteiger partial charge in [0.15, 0.2) is 0 Å². The molecule has 0 aromatic carbocycles. The van der Waals surface area contributed by atoms with Gasteiger partial charge in [0.05, 0.1) is 7.11 Å². The zero-order valence-corrected chi connectivity index (χ0v) is 8.95. The molecule has 1 amide bonds. The van der Waals surface area contributed by atoms with Crippen molar-refractivity contribution in [1.82, 2.24) is 0 Å². The molecular formula is C9H19NO4. The van der Waals surface area contributed by atoms with Crippen LogP contribution in [0.25, 0.3) is 0 Å². The van der Waals surface area contributed by atoms with Crippen molar-refractivity contribution in [2.24, 2.45) is 11.7 Å². The van der Waals surface area contributed by atoms with Crippen molar-refractivity contribution in [3.63, 3.8) is 0 Å². The molecule has 3 N–H and O–H groups in total. The van der Waals surface area contributed by atoms with Crippen molar-refractivity contribution in [3.8, 4) is 0 Å². The van der Waals surface area contributed by atoms with Crippen LogP contribution < -0.4 is 5.73 Å². The zero-order valence-electron chi connectivity index (χ0n) is 8.95. The van der Waals surface area contributed by atoms with E-state index >= 15 is 0 Å². The van der Waals surface area contributed by atoms with Crippen LogP contribution in [0.2, 0.25) is 0 Å². The van der Waals surface area contributed by atoms with E-state index in [1.807, 2.05) is 13.8 Å². The molecule has 0 rings (SSSR count). The van der Waals surface area contributed by atoms with Crippen LogP contribution >= 0.6 is 0 Å². The Morgan fingerprint density at radius 3 is 1.79 bits per heavy atom. The SMILES string of the molecule is CCC(CC)CC(=O)O.COC(N)=O. The average molecular weight is 205 g/mol. The third-order valence-corrected chi connectivity index (χ3v) is 1.82. The maximum absolute atomic E-state index is 10.1. The largest absolute Gasteiger partial charge is 0.481 e. The fourth-order valence-corrected chi connectivity index (χ4v) is 0.824. The van der Waals surface area contributed by atoms with Crippen LogP contribution in [0.5, 0.6) is 0 Å². The van der Waals surface area contributed by atoms with Gasteiger partial charge in [-0.1, -0.05) is 26.7 Å². The Labute approximate surface area is 84.2 Å². The highest BCUT2D eigenvalue weighted by molar-refractivity contribution is 5.66. The fraction of sp³-hybridized carbons (Fsp3) is 0.778. The zero-order chi connectivity index (χ0) is 11.6. The van der Waals surface area contributed by atoms with Crippen molar-refractivity contribution >= 4 is 12.1 Å². The lowest BCUT2D eigenvalue weighted by Gasteiger charge is -2.06. The van der Waals surface area contributed by atoms with E-state index in [-0.39, 0.29) is 0 Å². The number of carbonyl (C=O) groups is 2. The van der Waals surface area contributed by atoms with Crippen LogP contribution in [-0.2, 0) is 9.53 Å². The van der Waals surface area contributed by atoms with Crippen molar-refractivity contribution in [2.45, 2.75) is 33.1 Å². The van der Waals surface area contributed by atoms with Crippen LogP contribution in [0.4, 0.5) is 4.79 Å². The standard InChI is InChI=1S/C7H14O2.C2H5NO2/c1-3-6(4-2)5-7(8)9;1-5-2(3)4/h6H,3-5H2,1-2H3,(H,8,9);1H3,(H2,3,4). The van der Waals surface area contributed by atoms with Gasteiger partial charge in [0.1, 0.15) is 0 Å². The van der Waals surface area contributed by atoms with E-state index in [9.17, 15) is 9.59 Å². The molecule has 84 valence electrons. The van der Waals surface area contributed by atoms with Gasteiger partial charge in [0.2, 0.25) is 0 Å². The van der Waals surface area contributed by atoms with Gasteiger partial charge in [-0.25, -0.2) is 4.79 Å². The summed E-state index contributed by atoms with van der Waals surface area (Å²) in [5.41, 5.74) is 4.43. The van der Waals surface area contributed by atoms with Crippen LogP contribution in [0.15, 0.2) is 0 Å². The Morgan fingerprint density at radius 2 is 1.71 bits per heavy atom. The summed E-state index contributed by atoms with van der Waals surface area (Å²) >= 11 is 0. The lowest BCUT2D eigenvalue weighted by molar-refractivity contribution is -0.138. The first-order chi connectivity index (χ1) is 6.47. The molecule has 0 heterocycles. The Bertz CT molecular complexity index is 166. The number of hydrogen-bond acceptors (Lipinski definition) is 3. The Morgan fingerprint density at radius 1 is 1.36 bits per heavy atom. The lowest BCUT2D eigenvalue weighted by Crippen LogP contribution is -2.08. The molecule has 0 bridgehead atoms. The minimum Gasteiger partial charge on any atom is -0.481 e. The summed E-state index contributed by atoms with van der Waals surface area (Å²) in [6.45, 7) is 4.05. The molecule has 0 aliphatic rings. The Kier molecular flexibility index (Phi) is 10.7. The van der Waals surface area contributed by atoms with Crippen molar-refractivity contribution in [1.29, 1.82) is 0 Å². The molecule has 5 heteroatoms. The maximum atomic E-state index is 10.1. The number of rotatable bonds is 4. The first-order valence-electron chi connectivity index (χ1n) is 4.53. The van der Waals surface area contributed by atoms with Gasteiger partial charge in [-0.3, -0.25) is 4.79 Å². The Balaban J connectivity index is 0. The van der Waals surface area contributed by atoms with Crippen molar-refractivity contribution in [2.75, 3.05) is 7.11 Å². The third-order valence-electron chi connectivity index (χ3n) is 1.82. The molecule has 0 spiro atoms. The van der Waals surface area contributed by atoms with E-state index in [0.29, 0.717) is 12.3 Å². The van der Waals surface area contributed by atoms with E-state index < -0.39 is 12.1 Å². The summed E-state index contributed by atoms with van der Waals surface area (Å²) in [6.07, 6.45) is 1.53. The van der Waals surface area contributed by atoms with E-state index in [1.165, 1.54) is 7.11 Å². The molecule has 0 saturated heterocycles. The van der Waals surface area contributed by atoms with Crippen LogP contribution in [0, 0.1) is 5.92 Å². The molecule has 5 nitrogen and oxygen atoms in total. The summed E-state index contributed by atoms with van der Waals surface area (Å²) < 4.78 is 3.89. The number of methoxy groups -OCH3 is 1. The number of hydrogen-bond donors (Lipinski definition) is 2. The first kappa shape index (κ1) is 15.2. The summed E-state index contributed by atoms with van der Waals surface area (Å²) in [5.74, 6) is -0.300. The second-order valence-corrected chi connectivity index (χ2v) is 2.80. The molecule has 0 fully saturated rings. The molecular weight excluding hydrogens is 186 g/mol. The molecule has 0 aliphatic carbocycles. The highest BCUT2D eigenvalue weighted by atomic mass is 16.5. The molecule has 14 heavy (non-hydrogen) atoms. The van der Waals surface area contributed by atoms with E-state index in [0.717, 1.165) is 12.8 Å². The number of primary amides is 1. The minimum absolute atomic E-state index is 0.326. The minimum atomic E-state index is -0.745. The summed E-state index contributed by atoms with van der Waals surface area (Å²) in [7, 11) is 1.22.